The second kappa shape index (κ2) is 9.73. The lowest BCUT2D eigenvalue weighted by Gasteiger charge is -2.18. The molecule has 2 nitrogen and oxygen atoms in total. The molecule has 1 saturated carbocycles. The normalized spacial score (nSPS) is 16.8. The predicted octanol–water partition coefficient (Wildman–Crippen LogP) is 6.18. The maximum absolute atomic E-state index is 12.6. The molecule has 1 amide bonds. The molecule has 1 aliphatic carbocycles. The standard InChI is InChI=1S/C25H33NO/c1-19(25(27)26-20(2)24-13-4-3-5-14-24)23-17-15-22(16-18-23)12-8-11-21-9-6-7-10-21/h3-5,13-21H,6-12H2,1-2H3,(H,26,27). The van der Waals surface area contributed by atoms with Gasteiger partial charge in [-0.1, -0.05) is 86.7 Å². The Bertz CT molecular complexity index is 701. The molecular formula is C25H33NO. The number of amides is 1. The number of carbonyl (C=O) groups excluding carboxylic acids is 1. The number of carbonyl (C=O) groups is 1. The van der Waals surface area contributed by atoms with Crippen molar-refractivity contribution < 1.29 is 4.79 Å². The highest BCUT2D eigenvalue weighted by Gasteiger charge is 2.18. The van der Waals surface area contributed by atoms with Crippen molar-refractivity contribution >= 4 is 5.91 Å². The number of benzene rings is 2. The first-order valence-corrected chi connectivity index (χ1v) is 10.6. The molecule has 2 aromatic rings. The Kier molecular flexibility index (Phi) is 7.09. The molecule has 2 heteroatoms. The topological polar surface area (TPSA) is 29.1 Å². The van der Waals surface area contributed by atoms with Crippen LogP contribution in [0.3, 0.4) is 0 Å². The van der Waals surface area contributed by atoms with Gasteiger partial charge in [0, 0.05) is 0 Å². The van der Waals surface area contributed by atoms with Crippen LogP contribution < -0.4 is 5.32 Å². The van der Waals surface area contributed by atoms with Gasteiger partial charge in [0.25, 0.3) is 0 Å². The highest BCUT2D eigenvalue weighted by Crippen LogP contribution is 2.29. The molecule has 1 N–H and O–H groups in total. The van der Waals surface area contributed by atoms with Crippen molar-refractivity contribution in [3.63, 3.8) is 0 Å². The van der Waals surface area contributed by atoms with Crippen molar-refractivity contribution in [2.75, 3.05) is 0 Å². The lowest BCUT2D eigenvalue weighted by atomic mass is 9.95. The number of nitrogens with one attached hydrogen (secondary N) is 1. The second-order valence-electron chi connectivity index (χ2n) is 8.15. The summed E-state index contributed by atoms with van der Waals surface area (Å²) in [7, 11) is 0. The van der Waals surface area contributed by atoms with Crippen LogP contribution in [0.15, 0.2) is 54.6 Å². The third kappa shape index (κ3) is 5.69. The van der Waals surface area contributed by atoms with E-state index in [-0.39, 0.29) is 17.9 Å². The van der Waals surface area contributed by atoms with Crippen molar-refractivity contribution in [2.24, 2.45) is 5.92 Å². The van der Waals surface area contributed by atoms with E-state index in [0.29, 0.717) is 0 Å². The Balaban J connectivity index is 1.48. The van der Waals surface area contributed by atoms with Gasteiger partial charge in [-0.2, -0.15) is 0 Å². The number of hydrogen-bond acceptors (Lipinski definition) is 1. The molecule has 144 valence electrons. The van der Waals surface area contributed by atoms with Gasteiger partial charge >= 0.3 is 0 Å². The fourth-order valence-corrected chi connectivity index (χ4v) is 4.18. The van der Waals surface area contributed by atoms with E-state index in [1.54, 1.807) is 0 Å². The molecule has 0 bridgehead atoms. The quantitative estimate of drug-likeness (QED) is 0.596. The van der Waals surface area contributed by atoms with Crippen LogP contribution in [-0.4, -0.2) is 5.91 Å². The first-order chi connectivity index (χ1) is 13.1. The van der Waals surface area contributed by atoms with Gasteiger partial charge < -0.3 is 5.32 Å². The Morgan fingerprint density at radius 2 is 1.63 bits per heavy atom. The van der Waals surface area contributed by atoms with Crippen molar-refractivity contribution in [1.29, 1.82) is 0 Å². The van der Waals surface area contributed by atoms with Crippen LogP contribution >= 0.6 is 0 Å². The Morgan fingerprint density at radius 1 is 0.963 bits per heavy atom. The van der Waals surface area contributed by atoms with E-state index >= 15 is 0 Å². The molecule has 0 spiro atoms. The van der Waals surface area contributed by atoms with Crippen LogP contribution in [0.4, 0.5) is 0 Å². The fraction of sp³-hybridized carbons (Fsp3) is 0.480. The molecule has 27 heavy (non-hydrogen) atoms. The molecule has 1 fully saturated rings. The van der Waals surface area contributed by atoms with Crippen molar-refractivity contribution in [1.82, 2.24) is 5.32 Å². The maximum Gasteiger partial charge on any atom is 0.227 e. The summed E-state index contributed by atoms with van der Waals surface area (Å²) in [5.41, 5.74) is 3.62. The molecule has 0 saturated heterocycles. The molecule has 2 atom stereocenters. The molecule has 3 rings (SSSR count). The SMILES string of the molecule is CC(NC(=O)C(C)c1ccc(CCCC2CCCC2)cc1)c1ccccc1. The molecular weight excluding hydrogens is 330 g/mol. The zero-order valence-corrected chi connectivity index (χ0v) is 16.8. The number of rotatable bonds is 8. The van der Waals surface area contributed by atoms with Gasteiger partial charge in [0.05, 0.1) is 12.0 Å². The van der Waals surface area contributed by atoms with Gasteiger partial charge in [-0.3, -0.25) is 4.79 Å². The third-order valence-corrected chi connectivity index (χ3v) is 6.08. The highest BCUT2D eigenvalue weighted by atomic mass is 16.1. The smallest absolute Gasteiger partial charge is 0.227 e. The molecule has 0 radical (unpaired) electrons. The minimum absolute atomic E-state index is 0.0241. The number of aryl methyl sites for hydroxylation is 1. The van der Waals surface area contributed by atoms with Gasteiger partial charge in [0.2, 0.25) is 5.91 Å². The summed E-state index contributed by atoms with van der Waals surface area (Å²) in [4.78, 5) is 12.6. The lowest BCUT2D eigenvalue weighted by molar-refractivity contribution is -0.122. The predicted molar refractivity (Wildman–Crippen MR) is 113 cm³/mol. The Hall–Kier alpha value is -2.09. The van der Waals surface area contributed by atoms with E-state index in [9.17, 15) is 4.79 Å². The summed E-state index contributed by atoms with van der Waals surface area (Å²) in [6.45, 7) is 4.02. The first-order valence-electron chi connectivity index (χ1n) is 10.6. The van der Waals surface area contributed by atoms with Crippen LogP contribution in [0.25, 0.3) is 0 Å². The van der Waals surface area contributed by atoms with Gasteiger partial charge in [-0.15, -0.1) is 0 Å². The van der Waals surface area contributed by atoms with Gasteiger partial charge in [0.1, 0.15) is 0 Å². The van der Waals surface area contributed by atoms with Gasteiger partial charge in [0.15, 0.2) is 0 Å². The average molecular weight is 364 g/mol. The minimum Gasteiger partial charge on any atom is -0.349 e. The molecule has 0 aliphatic heterocycles. The highest BCUT2D eigenvalue weighted by molar-refractivity contribution is 5.83. The van der Waals surface area contributed by atoms with Crippen LogP contribution in [0.5, 0.6) is 0 Å². The largest absolute Gasteiger partial charge is 0.349 e. The van der Waals surface area contributed by atoms with Crippen molar-refractivity contribution in [2.45, 2.75) is 70.8 Å². The molecule has 0 aromatic heterocycles. The molecule has 0 heterocycles. The summed E-state index contributed by atoms with van der Waals surface area (Å²) in [5.74, 6) is 0.920. The molecule has 1 aliphatic rings. The van der Waals surface area contributed by atoms with Crippen LogP contribution in [0.1, 0.15) is 81.0 Å². The van der Waals surface area contributed by atoms with E-state index < -0.39 is 0 Å². The summed E-state index contributed by atoms with van der Waals surface area (Å²) in [6.07, 6.45) is 9.55. The Labute approximate surface area is 164 Å². The minimum atomic E-state index is -0.135. The van der Waals surface area contributed by atoms with Crippen LogP contribution in [0, 0.1) is 5.92 Å². The molecule has 2 aromatic carbocycles. The zero-order valence-electron chi connectivity index (χ0n) is 16.8. The lowest BCUT2D eigenvalue weighted by Crippen LogP contribution is -2.30. The van der Waals surface area contributed by atoms with E-state index in [0.717, 1.165) is 23.5 Å². The van der Waals surface area contributed by atoms with E-state index in [1.165, 1.54) is 44.1 Å². The fourth-order valence-electron chi connectivity index (χ4n) is 4.18. The molecule has 2 unspecified atom stereocenters. The van der Waals surface area contributed by atoms with E-state index in [1.807, 2.05) is 32.0 Å². The Morgan fingerprint density at radius 3 is 2.30 bits per heavy atom. The summed E-state index contributed by atoms with van der Waals surface area (Å²) in [6, 6.07) is 18.8. The van der Waals surface area contributed by atoms with Crippen molar-refractivity contribution in [3.05, 3.63) is 71.3 Å². The van der Waals surface area contributed by atoms with Gasteiger partial charge in [-0.25, -0.2) is 0 Å². The van der Waals surface area contributed by atoms with Crippen LogP contribution in [-0.2, 0) is 11.2 Å². The first kappa shape index (κ1) is 19.7. The van der Waals surface area contributed by atoms with Crippen molar-refractivity contribution in [3.8, 4) is 0 Å². The monoisotopic (exact) mass is 363 g/mol. The van der Waals surface area contributed by atoms with Gasteiger partial charge in [-0.05, 0) is 49.3 Å². The third-order valence-electron chi connectivity index (χ3n) is 6.08. The van der Waals surface area contributed by atoms with E-state index in [2.05, 4.69) is 41.7 Å². The summed E-state index contributed by atoms with van der Waals surface area (Å²) >= 11 is 0. The second-order valence-corrected chi connectivity index (χ2v) is 8.15. The number of hydrogen-bond donors (Lipinski definition) is 1. The maximum atomic E-state index is 12.6. The van der Waals surface area contributed by atoms with Crippen LogP contribution in [0.2, 0.25) is 0 Å². The average Bonchev–Trinajstić information content (AvgIpc) is 3.22. The zero-order chi connectivity index (χ0) is 19.1. The summed E-state index contributed by atoms with van der Waals surface area (Å²) in [5, 5.41) is 3.14. The van der Waals surface area contributed by atoms with E-state index in [4.69, 9.17) is 0 Å². The summed E-state index contributed by atoms with van der Waals surface area (Å²) < 4.78 is 0.